The molecule has 0 spiro atoms. The molecule has 8 nitrogen and oxygen atoms in total. The van der Waals surface area contributed by atoms with Crippen LogP contribution in [0.25, 0.3) is 10.8 Å². The first-order valence-electron chi connectivity index (χ1n) is 16.5. The highest BCUT2D eigenvalue weighted by Gasteiger charge is 2.10. The second-order valence-corrected chi connectivity index (χ2v) is 11.8. The Bertz CT molecular complexity index is 1900. The molecule has 1 N–H and O–H groups in total. The van der Waals surface area contributed by atoms with Crippen LogP contribution in [0.2, 0.25) is 0 Å². The third-order valence-corrected chi connectivity index (χ3v) is 7.80. The lowest BCUT2D eigenvalue weighted by molar-refractivity contribution is -0.139. The lowest BCUT2D eigenvalue weighted by Crippen LogP contribution is -2.08. The fraction of sp³-hybridized carbons (Fsp3) is 0.220. The molecule has 0 fully saturated rings. The summed E-state index contributed by atoms with van der Waals surface area (Å²) in [6.07, 6.45) is 3.61. The van der Waals surface area contributed by atoms with Crippen LogP contribution >= 0.6 is 0 Å². The molecule has 8 heteroatoms. The van der Waals surface area contributed by atoms with Crippen molar-refractivity contribution in [2.75, 3.05) is 18.5 Å². The Balaban J connectivity index is 1.06. The average Bonchev–Trinajstić information content (AvgIpc) is 3.12. The lowest BCUT2D eigenvalue weighted by atomic mass is 10.1. The SMILES string of the molecule is C=C(C)C(=O)OCCCCCCOc1ccc(C(=O)Oc2ccc(CNc3ccc(/N=N/c4ccc(C)cc4)c4ccccc34)cc2)cc1. The number of fused-ring (bicyclic) bond motifs is 1. The molecule has 0 radical (unpaired) electrons. The van der Waals surface area contributed by atoms with Gasteiger partial charge >= 0.3 is 11.9 Å². The van der Waals surface area contributed by atoms with Crippen molar-refractivity contribution in [3.8, 4) is 11.5 Å². The first-order valence-corrected chi connectivity index (χ1v) is 16.5. The van der Waals surface area contributed by atoms with Crippen molar-refractivity contribution in [1.29, 1.82) is 0 Å². The van der Waals surface area contributed by atoms with Crippen molar-refractivity contribution in [1.82, 2.24) is 0 Å². The van der Waals surface area contributed by atoms with E-state index in [0.717, 1.165) is 59.1 Å². The van der Waals surface area contributed by atoms with E-state index in [9.17, 15) is 9.59 Å². The number of nitrogens with zero attached hydrogens (tertiary/aromatic N) is 2. The van der Waals surface area contributed by atoms with Gasteiger partial charge in [0.25, 0.3) is 0 Å². The number of hydrogen-bond donors (Lipinski definition) is 1. The Kier molecular flexibility index (Phi) is 12.3. The number of hydrogen-bond acceptors (Lipinski definition) is 8. The molecule has 0 aliphatic rings. The minimum absolute atomic E-state index is 0.343. The second kappa shape index (κ2) is 17.4. The van der Waals surface area contributed by atoms with Gasteiger partial charge in [-0.05, 0) is 106 Å². The number of carbonyl (C=O) groups is 2. The molecule has 5 aromatic carbocycles. The van der Waals surface area contributed by atoms with Gasteiger partial charge in [0, 0.05) is 28.6 Å². The maximum absolute atomic E-state index is 12.8. The Morgan fingerprint density at radius 2 is 1.39 bits per heavy atom. The third kappa shape index (κ3) is 10.4. The summed E-state index contributed by atoms with van der Waals surface area (Å²) in [6, 6.07) is 34.5. The van der Waals surface area contributed by atoms with Gasteiger partial charge in [-0.3, -0.25) is 0 Å². The fourth-order valence-electron chi connectivity index (χ4n) is 5.01. The Morgan fingerprint density at radius 1 is 0.714 bits per heavy atom. The van der Waals surface area contributed by atoms with E-state index in [1.165, 1.54) is 5.56 Å². The van der Waals surface area contributed by atoms with E-state index in [1.54, 1.807) is 43.3 Å². The van der Waals surface area contributed by atoms with Gasteiger partial charge in [0.1, 0.15) is 11.5 Å². The predicted molar refractivity (Wildman–Crippen MR) is 194 cm³/mol. The van der Waals surface area contributed by atoms with Gasteiger partial charge in [0.2, 0.25) is 0 Å². The van der Waals surface area contributed by atoms with Gasteiger partial charge < -0.3 is 19.5 Å². The van der Waals surface area contributed by atoms with Gasteiger partial charge in [-0.1, -0.05) is 60.7 Å². The molecule has 0 saturated carbocycles. The molecule has 0 unspecified atom stereocenters. The van der Waals surface area contributed by atoms with Gasteiger partial charge in [-0.25, -0.2) is 9.59 Å². The number of benzene rings is 5. The van der Waals surface area contributed by atoms with Crippen LogP contribution in [0, 0.1) is 6.92 Å². The van der Waals surface area contributed by atoms with Crippen LogP contribution in [-0.2, 0) is 16.1 Å². The number of esters is 2. The van der Waals surface area contributed by atoms with Crippen LogP contribution in [0.5, 0.6) is 11.5 Å². The molecule has 5 rings (SSSR count). The van der Waals surface area contributed by atoms with Crippen LogP contribution in [0.3, 0.4) is 0 Å². The molecule has 49 heavy (non-hydrogen) atoms. The van der Waals surface area contributed by atoms with E-state index >= 15 is 0 Å². The molecule has 0 atom stereocenters. The summed E-state index contributed by atoms with van der Waals surface area (Å²) in [4.78, 5) is 24.1. The fourth-order valence-corrected chi connectivity index (χ4v) is 5.01. The lowest BCUT2D eigenvalue weighted by Gasteiger charge is -2.12. The van der Waals surface area contributed by atoms with Crippen molar-refractivity contribution in [2.24, 2.45) is 10.2 Å². The summed E-state index contributed by atoms with van der Waals surface area (Å²) in [5.74, 6) is 0.384. The summed E-state index contributed by atoms with van der Waals surface area (Å²) in [5.41, 5.74) is 5.69. The predicted octanol–water partition coefficient (Wildman–Crippen LogP) is 10.5. The average molecular weight is 656 g/mol. The summed E-state index contributed by atoms with van der Waals surface area (Å²) < 4.78 is 16.5. The number of nitrogens with one attached hydrogen (secondary N) is 1. The molecule has 0 aromatic heterocycles. The number of aryl methyl sites for hydroxylation is 1. The zero-order valence-corrected chi connectivity index (χ0v) is 28.0. The first kappa shape index (κ1) is 34.6. The highest BCUT2D eigenvalue weighted by Crippen LogP contribution is 2.33. The monoisotopic (exact) mass is 655 g/mol. The van der Waals surface area contributed by atoms with Crippen LogP contribution in [0.4, 0.5) is 17.1 Å². The zero-order valence-electron chi connectivity index (χ0n) is 28.0. The smallest absolute Gasteiger partial charge is 0.343 e. The van der Waals surface area contributed by atoms with Crippen molar-refractivity contribution in [2.45, 2.75) is 46.1 Å². The molecule has 250 valence electrons. The normalized spacial score (nSPS) is 11.0. The molecule has 0 amide bonds. The van der Waals surface area contributed by atoms with E-state index in [0.29, 0.717) is 42.4 Å². The number of unbranched alkanes of at least 4 members (excludes halogenated alkanes) is 3. The standard InChI is InChI=1S/C41H41N3O5/c1-29(2)40(45)48-27-9-5-4-8-26-47-34-22-16-32(17-23-34)41(46)49-35-20-14-31(15-21-35)28-42-38-24-25-39(37-11-7-6-10-36(37)38)44-43-33-18-12-30(3)13-19-33/h6-7,10-25,42H,1,4-5,8-9,26-28H2,2-3H3/b44-43+. The highest BCUT2D eigenvalue weighted by molar-refractivity contribution is 6.00. The van der Waals surface area contributed by atoms with Crippen LogP contribution in [-0.4, -0.2) is 25.2 Å². The van der Waals surface area contributed by atoms with E-state index in [1.807, 2.05) is 73.7 Å². The molecule has 0 bridgehead atoms. The minimum Gasteiger partial charge on any atom is -0.494 e. The minimum atomic E-state index is -0.434. The molecule has 0 aliphatic carbocycles. The molecular formula is C41H41N3O5. The molecular weight excluding hydrogens is 614 g/mol. The molecule has 0 saturated heterocycles. The van der Waals surface area contributed by atoms with Crippen molar-refractivity contribution < 1.29 is 23.8 Å². The van der Waals surface area contributed by atoms with Gasteiger partial charge in [0.05, 0.1) is 30.2 Å². The zero-order chi connectivity index (χ0) is 34.4. The van der Waals surface area contributed by atoms with Crippen LogP contribution < -0.4 is 14.8 Å². The number of azo groups is 1. The number of carbonyl (C=O) groups excluding carboxylic acids is 2. The van der Waals surface area contributed by atoms with E-state index in [-0.39, 0.29) is 5.97 Å². The summed E-state index contributed by atoms with van der Waals surface area (Å²) in [7, 11) is 0. The Morgan fingerprint density at radius 3 is 2.10 bits per heavy atom. The Labute approximate surface area is 287 Å². The highest BCUT2D eigenvalue weighted by atomic mass is 16.5. The van der Waals surface area contributed by atoms with E-state index in [2.05, 4.69) is 28.2 Å². The number of ether oxygens (including phenoxy) is 3. The van der Waals surface area contributed by atoms with Crippen molar-refractivity contribution in [3.63, 3.8) is 0 Å². The largest absolute Gasteiger partial charge is 0.494 e. The summed E-state index contributed by atoms with van der Waals surface area (Å²) >= 11 is 0. The van der Waals surface area contributed by atoms with Crippen LogP contribution in [0.1, 0.15) is 54.1 Å². The van der Waals surface area contributed by atoms with Gasteiger partial charge in [-0.2, -0.15) is 5.11 Å². The topological polar surface area (TPSA) is 98.6 Å². The van der Waals surface area contributed by atoms with E-state index in [4.69, 9.17) is 14.2 Å². The molecule has 0 aliphatic heterocycles. The van der Waals surface area contributed by atoms with Crippen LogP contribution in [0.15, 0.2) is 132 Å². The number of rotatable bonds is 16. The molecule has 5 aromatic rings. The maximum atomic E-state index is 12.8. The third-order valence-electron chi connectivity index (χ3n) is 7.80. The second-order valence-electron chi connectivity index (χ2n) is 11.8. The number of anilines is 1. The first-order chi connectivity index (χ1) is 23.9. The maximum Gasteiger partial charge on any atom is 0.343 e. The summed E-state index contributed by atoms with van der Waals surface area (Å²) in [6.45, 7) is 8.82. The van der Waals surface area contributed by atoms with Gasteiger partial charge in [-0.15, -0.1) is 5.11 Å². The van der Waals surface area contributed by atoms with E-state index < -0.39 is 5.97 Å². The van der Waals surface area contributed by atoms with Crippen molar-refractivity contribution in [3.05, 3.63) is 138 Å². The summed E-state index contributed by atoms with van der Waals surface area (Å²) in [5, 5.41) is 14.5. The van der Waals surface area contributed by atoms with Crippen molar-refractivity contribution >= 4 is 39.8 Å². The Hall–Kier alpha value is -5.76. The molecule has 0 heterocycles. The quantitative estimate of drug-likeness (QED) is 0.0373. The van der Waals surface area contributed by atoms with Gasteiger partial charge in [0.15, 0.2) is 0 Å².